The summed E-state index contributed by atoms with van der Waals surface area (Å²) in [7, 11) is 0. The minimum Gasteiger partial charge on any atom is -0.493 e. The molecule has 0 heterocycles. The fourth-order valence-corrected chi connectivity index (χ4v) is 9.03. The Kier molecular flexibility index (Phi) is 17.8. The van der Waals surface area contributed by atoms with E-state index in [1.807, 2.05) is 72.8 Å². The number of anilines is 1. The van der Waals surface area contributed by atoms with Crippen LogP contribution in [0.3, 0.4) is 0 Å². The van der Waals surface area contributed by atoms with E-state index in [0.29, 0.717) is 64.1 Å². The summed E-state index contributed by atoms with van der Waals surface area (Å²) < 4.78 is 33.2. The third kappa shape index (κ3) is 13.6. The normalized spacial score (nSPS) is 26.1. The molecule has 0 spiro atoms. The van der Waals surface area contributed by atoms with Crippen LogP contribution in [0.5, 0.6) is 17.2 Å². The number of aliphatic hydroxyl groups is 2. The highest BCUT2D eigenvalue weighted by molar-refractivity contribution is 5.48. The summed E-state index contributed by atoms with van der Waals surface area (Å²) in [6.45, 7) is 3.93. The van der Waals surface area contributed by atoms with Crippen LogP contribution < -0.4 is 36.7 Å². The zero-order valence-electron chi connectivity index (χ0n) is 34.4. The first-order valence-corrected chi connectivity index (χ1v) is 22.1. The molecule has 3 aliphatic carbocycles. The summed E-state index contributed by atoms with van der Waals surface area (Å²) in [6, 6.07) is 23.6. The summed E-state index contributed by atoms with van der Waals surface area (Å²) in [5, 5.41) is 24.4. The van der Waals surface area contributed by atoms with Crippen LogP contribution in [0.4, 0.5) is 5.69 Å². The van der Waals surface area contributed by atoms with Crippen LogP contribution in [0.1, 0.15) is 107 Å². The molecule has 0 saturated heterocycles. The number of ether oxygens (including phenoxy) is 5. The molecule has 0 amide bonds. The molecule has 9 atom stereocenters. The number of hydrogen-bond donors (Lipinski definition) is 6. The molecule has 3 aliphatic rings. The number of aliphatic hydroxyl groups excluding tert-OH is 2. The quantitative estimate of drug-likeness (QED) is 0.0614. The van der Waals surface area contributed by atoms with E-state index in [9.17, 15) is 10.2 Å². The van der Waals surface area contributed by atoms with Gasteiger partial charge in [-0.15, -0.1) is 0 Å². The van der Waals surface area contributed by atoms with Crippen molar-refractivity contribution in [1.29, 1.82) is 0 Å². The van der Waals surface area contributed by atoms with Crippen molar-refractivity contribution in [2.75, 3.05) is 51.3 Å². The van der Waals surface area contributed by atoms with Crippen molar-refractivity contribution < 1.29 is 33.9 Å². The van der Waals surface area contributed by atoms with Gasteiger partial charge in [-0.1, -0.05) is 49.6 Å². The van der Waals surface area contributed by atoms with Crippen molar-refractivity contribution in [3.8, 4) is 17.2 Å². The molecular formula is C47H70N4O7. The van der Waals surface area contributed by atoms with E-state index in [-0.39, 0.29) is 30.3 Å². The van der Waals surface area contributed by atoms with E-state index in [0.717, 1.165) is 105 Å². The van der Waals surface area contributed by atoms with Gasteiger partial charge in [-0.05, 0) is 131 Å². The van der Waals surface area contributed by atoms with Gasteiger partial charge in [-0.25, -0.2) is 0 Å². The van der Waals surface area contributed by atoms with Gasteiger partial charge >= 0.3 is 0 Å². The Bertz CT molecular complexity index is 1630. The van der Waals surface area contributed by atoms with Crippen LogP contribution in [-0.2, 0) is 9.47 Å². The van der Waals surface area contributed by atoms with Crippen molar-refractivity contribution in [2.24, 2.45) is 35.0 Å². The SMILES string of the molecule is NCCNc1cccc(OCC2CCCC(O[C@H]3CCC(O[C@H]4CCCC[C@H]4COc4cccc([C@H](O)CCN)c4)C[C@@H]3COc3cccc([C@H](O)CCN)c3)C2)c1. The van der Waals surface area contributed by atoms with Crippen LogP contribution in [0, 0.1) is 17.8 Å². The Morgan fingerprint density at radius 2 is 1.16 bits per heavy atom. The Hall–Kier alpha value is -3.42. The Morgan fingerprint density at radius 3 is 1.83 bits per heavy atom. The van der Waals surface area contributed by atoms with Gasteiger partial charge in [0.05, 0.1) is 56.4 Å². The average Bonchev–Trinajstić information content (AvgIpc) is 3.25. The predicted molar refractivity (Wildman–Crippen MR) is 229 cm³/mol. The molecule has 0 bridgehead atoms. The van der Waals surface area contributed by atoms with Gasteiger partial charge in [0.25, 0.3) is 0 Å². The molecule has 0 aromatic heterocycles. The van der Waals surface area contributed by atoms with E-state index in [4.69, 9.17) is 40.9 Å². The topological polar surface area (TPSA) is 177 Å². The van der Waals surface area contributed by atoms with Crippen molar-refractivity contribution in [3.05, 3.63) is 83.9 Å². The van der Waals surface area contributed by atoms with Crippen LogP contribution in [0.2, 0.25) is 0 Å². The van der Waals surface area contributed by atoms with E-state index in [1.54, 1.807) is 0 Å². The summed E-state index contributed by atoms with van der Waals surface area (Å²) >= 11 is 0. The summed E-state index contributed by atoms with van der Waals surface area (Å²) in [6.07, 6.45) is 11.7. The van der Waals surface area contributed by atoms with Crippen LogP contribution in [0.15, 0.2) is 72.8 Å². The average molecular weight is 803 g/mol. The van der Waals surface area contributed by atoms with Gasteiger partial charge in [0.2, 0.25) is 0 Å². The maximum absolute atomic E-state index is 10.6. The number of benzene rings is 3. The molecule has 11 nitrogen and oxygen atoms in total. The molecule has 58 heavy (non-hydrogen) atoms. The van der Waals surface area contributed by atoms with Crippen molar-refractivity contribution >= 4 is 5.69 Å². The number of rotatable bonds is 22. The molecule has 3 fully saturated rings. The fraction of sp³-hybridized carbons (Fsp3) is 0.617. The Balaban J connectivity index is 1.07. The van der Waals surface area contributed by atoms with Crippen molar-refractivity contribution in [3.63, 3.8) is 0 Å². The van der Waals surface area contributed by atoms with E-state index in [1.165, 1.54) is 6.42 Å². The Labute approximate surface area is 346 Å². The molecule has 3 aromatic rings. The van der Waals surface area contributed by atoms with Crippen LogP contribution >= 0.6 is 0 Å². The second-order valence-corrected chi connectivity index (χ2v) is 16.8. The predicted octanol–water partition coefficient (Wildman–Crippen LogP) is 7.05. The van der Waals surface area contributed by atoms with Crippen molar-refractivity contribution in [1.82, 2.24) is 0 Å². The Morgan fingerprint density at radius 1 is 0.569 bits per heavy atom. The van der Waals surface area contributed by atoms with Gasteiger partial charge in [-0.3, -0.25) is 0 Å². The third-order valence-electron chi connectivity index (χ3n) is 12.3. The lowest BCUT2D eigenvalue weighted by atomic mass is 9.82. The third-order valence-corrected chi connectivity index (χ3v) is 12.3. The molecular weight excluding hydrogens is 733 g/mol. The fourth-order valence-electron chi connectivity index (χ4n) is 9.03. The minimum absolute atomic E-state index is 0.0632. The standard InChI is InChI=1S/C47H70N4O7/c48-21-19-44(52)34-9-4-12-39(26-34)55-31-36-8-1-2-16-46(36)58-43-17-18-47(37(28-43)32-56-40-13-5-10-35(27-40)45(53)20-22-49)57-42-15-3-7-33(25-42)30-54-41-14-6-11-38(29-41)51-24-23-50/h4-6,9-14,26-27,29,33,36-37,42-47,51-53H,1-3,7-8,15-25,28,30-32,48-50H2/t33?,36-,37+,42?,43?,44+,45+,46-,47-/m0/s1. The maximum atomic E-state index is 10.6. The highest BCUT2D eigenvalue weighted by Crippen LogP contribution is 2.38. The highest BCUT2D eigenvalue weighted by atomic mass is 16.5. The van der Waals surface area contributed by atoms with Gasteiger partial charge in [-0.2, -0.15) is 0 Å². The first kappa shape index (κ1) is 44.1. The number of hydrogen-bond acceptors (Lipinski definition) is 11. The highest BCUT2D eigenvalue weighted by Gasteiger charge is 2.38. The molecule has 0 aliphatic heterocycles. The lowest BCUT2D eigenvalue weighted by Crippen LogP contribution is -2.43. The molecule has 3 aromatic carbocycles. The summed E-state index contributed by atoms with van der Waals surface area (Å²) in [4.78, 5) is 0. The van der Waals surface area contributed by atoms with E-state index >= 15 is 0 Å². The van der Waals surface area contributed by atoms with Gasteiger partial charge in [0.1, 0.15) is 17.2 Å². The summed E-state index contributed by atoms with van der Waals surface area (Å²) in [5.74, 6) is 3.27. The molecule has 3 unspecified atom stereocenters. The minimum atomic E-state index is -0.615. The van der Waals surface area contributed by atoms with E-state index in [2.05, 4.69) is 5.32 Å². The molecule has 6 rings (SSSR count). The molecule has 0 radical (unpaired) electrons. The lowest BCUT2D eigenvalue weighted by molar-refractivity contribution is -0.136. The first-order chi connectivity index (χ1) is 28.4. The molecule has 320 valence electrons. The second kappa shape index (κ2) is 23.4. The smallest absolute Gasteiger partial charge is 0.121 e. The van der Waals surface area contributed by atoms with Gasteiger partial charge in [0, 0.05) is 36.7 Å². The second-order valence-electron chi connectivity index (χ2n) is 16.8. The van der Waals surface area contributed by atoms with E-state index < -0.39 is 12.2 Å². The monoisotopic (exact) mass is 803 g/mol. The van der Waals surface area contributed by atoms with Gasteiger partial charge in [0.15, 0.2) is 0 Å². The van der Waals surface area contributed by atoms with Crippen LogP contribution in [0.25, 0.3) is 0 Å². The number of nitrogens with two attached hydrogens (primary N) is 3. The zero-order valence-corrected chi connectivity index (χ0v) is 34.4. The molecule has 3 saturated carbocycles. The van der Waals surface area contributed by atoms with Crippen LogP contribution in [-0.4, -0.2) is 80.6 Å². The summed E-state index contributed by atoms with van der Waals surface area (Å²) in [5.41, 5.74) is 19.8. The van der Waals surface area contributed by atoms with Gasteiger partial charge < -0.3 is 56.4 Å². The maximum Gasteiger partial charge on any atom is 0.121 e. The largest absolute Gasteiger partial charge is 0.493 e. The lowest BCUT2D eigenvalue weighted by Gasteiger charge is -2.41. The molecule has 9 N–H and O–H groups in total. The molecule has 11 heteroatoms. The number of nitrogens with one attached hydrogen (secondary N) is 1. The zero-order chi connectivity index (χ0) is 40.5. The first-order valence-electron chi connectivity index (χ1n) is 22.1. The van der Waals surface area contributed by atoms with Crippen molar-refractivity contribution in [2.45, 2.75) is 120 Å².